The van der Waals surface area contributed by atoms with Crippen LogP contribution < -0.4 is 4.74 Å². The maximum Gasteiger partial charge on any atom is 0.337 e. The lowest BCUT2D eigenvalue weighted by Gasteiger charge is -2.29. The van der Waals surface area contributed by atoms with Crippen molar-refractivity contribution in [2.24, 2.45) is 0 Å². The molecule has 0 spiro atoms. The van der Waals surface area contributed by atoms with Crippen molar-refractivity contribution in [1.29, 1.82) is 0 Å². The Morgan fingerprint density at radius 1 is 1.05 bits per heavy atom. The Morgan fingerprint density at radius 2 is 1.76 bits per heavy atom. The van der Waals surface area contributed by atoms with E-state index in [1.54, 1.807) is 24.3 Å². The van der Waals surface area contributed by atoms with Crippen molar-refractivity contribution in [3.8, 4) is 11.5 Å². The average Bonchev–Trinajstić information content (AvgIpc) is 3.18. The average molecular weight is 511 g/mol. The van der Waals surface area contributed by atoms with Gasteiger partial charge >= 0.3 is 5.97 Å². The minimum atomic E-state index is -0.905. The number of methoxy groups -OCH3 is 2. The zero-order chi connectivity index (χ0) is 26.5. The molecule has 10 nitrogen and oxygen atoms in total. The molecule has 2 heterocycles. The summed E-state index contributed by atoms with van der Waals surface area (Å²) < 4.78 is 15.2. The number of carbonyl (C=O) groups is 3. The molecule has 0 aromatic heterocycles. The van der Waals surface area contributed by atoms with Crippen LogP contribution in [0.3, 0.4) is 0 Å². The van der Waals surface area contributed by atoms with Crippen LogP contribution in [0.1, 0.15) is 33.9 Å². The van der Waals surface area contributed by atoms with Gasteiger partial charge in [-0.3, -0.25) is 14.5 Å². The van der Waals surface area contributed by atoms with Gasteiger partial charge in [0.2, 0.25) is 0 Å². The number of Topliss-reactive ketones (excluding diaryl/α,β-unsaturated/α-hetero) is 1. The van der Waals surface area contributed by atoms with Crippen LogP contribution >= 0.6 is 0 Å². The second-order valence-corrected chi connectivity index (χ2v) is 8.80. The SMILES string of the molecule is COC(=O)c1ccc(C2C(=C(O)c3ccc(OC)cc3O)C(=O)C(=O)N2CCCN2CCOCC2)cc1. The predicted molar refractivity (Wildman–Crippen MR) is 133 cm³/mol. The summed E-state index contributed by atoms with van der Waals surface area (Å²) >= 11 is 0. The number of nitrogens with zero attached hydrogens (tertiary/aromatic N) is 2. The number of morpholine rings is 1. The first-order valence-corrected chi connectivity index (χ1v) is 12.0. The van der Waals surface area contributed by atoms with Crippen LogP contribution in [-0.2, 0) is 19.1 Å². The molecule has 0 aliphatic carbocycles. The summed E-state index contributed by atoms with van der Waals surface area (Å²) in [7, 11) is 2.72. The minimum Gasteiger partial charge on any atom is -0.507 e. The largest absolute Gasteiger partial charge is 0.507 e. The summed E-state index contributed by atoms with van der Waals surface area (Å²) in [6.07, 6.45) is 0.609. The number of esters is 1. The van der Waals surface area contributed by atoms with E-state index in [1.165, 1.54) is 37.3 Å². The number of aromatic hydroxyl groups is 1. The highest BCUT2D eigenvalue weighted by molar-refractivity contribution is 6.46. The Hall–Kier alpha value is -3.89. The molecule has 0 radical (unpaired) electrons. The number of ketones is 1. The Balaban J connectivity index is 1.71. The number of phenols is 1. The lowest BCUT2D eigenvalue weighted by atomic mass is 9.94. The highest BCUT2D eigenvalue weighted by Crippen LogP contribution is 2.41. The topological polar surface area (TPSA) is 126 Å². The fraction of sp³-hybridized carbons (Fsp3) is 0.370. The third-order valence-electron chi connectivity index (χ3n) is 6.62. The molecule has 1 unspecified atom stereocenters. The molecule has 37 heavy (non-hydrogen) atoms. The summed E-state index contributed by atoms with van der Waals surface area (Å²) in [6.45, 7) is 3.91. The van der Waals surface area contributed by atoms with Crippen LogP contribution in [-0.4, -0.2) is 91.3 Å². The van der Waals surface area contributed by atoms with Gasteiger partial charge in [-0.1, -0.05) is 12.1 Å². The van der Waals surface area contributed by atoms with Gasteiger partial charge < -0.3 is 29.3 Å². The molecule has 2 aliphatic rings. The molecule has 4 rings (SSSR count). The number of aliphatic hydroxyl groups excluding tert-OH is 1. The molecule has 0 saturated carbocycles. The van der Waals surface area contributed by atoms with E-state index in [0.29, 0.717) is 36.5 Å². The molecule has 196 valence electrons. The smallest absolute Gasteiger partial charge is 0.337 e. The number of ether oxygens (including phenoxy) is 3. The van der Waals surface area contributed by atoms with Gasteiger partial charge in [0.15, 0.2) is 0 Å². The zero-order valence-electron chi connectivity index (χ0n) is 20.8. The number of amides is 1. The standard InChI is InChI=1S/C27H30N2O8/c1-35-19-8-9-20(21(30)16-19)24(31)22-23(17-4-6-18(7-5-17)27(34)36-2)29(26(33)25(22)32)11-3-10-28-12-14-37-15-13-28/h4-9,16,23,30-31H,3,10-15H2,1-2H3. The van der Waals surface area contributed by atoms with Gasteiger partial charge in [-0.05, 0) is 36.2 Å². The fourth-order valence-corrected chi connectivity index (χ4v) is 4.65. The number of hydrogen-bond acceptors (Lipinski definition) is 9. The van der Waals surface area contributed by atoms with Gasteiger partial charge in [0.1, 0.15) is 17.3 Å². The quantitative estimate of drug-likeness (QED) is 0.238. The summed E-state index contributed by atoms with van der Waals surface area (Å²) in [6, 6.07) is 9.70. The van der Waals surface area contributed by atoms with Crippen molar-refractivity contribution >= 4 is 23.4 Å². The Labute approximate surface area is 214 Å². The first-order valence-electron chi connectivity index (χ1n) is 12.0. The van der Waals surface area contributed by atoms with E-state index in [4.69, 9.17) is 14.2 Å². The van der Waals surface area contributed by atoms with Crippen molar-refractivity contribution in [3.63, 3.8) is 0 Å². The number of carbonyl (C=O) groups excluding carboxylic acids is 3. The van der Waals surface area contributed by atoms with Crippen molar-refractivity contribution < 1.29 is 38.8 Å². The third-order valence-corrected chi connectivity index (χ3v) is 6.62. The summed E-state index contributed by atoms with van der Waals surface area (Å²) in [5, 5.41) is 21.7. The van der Waals surface area contributed by atoms with Gasteiger partial charge in [-0.15, -0.1) is 0 Å². The Kier molecular flexibility index (Phi) is 8.10. The van der Waals surface area contributed by atoms with Gasteiger partial charge in [0.05, 0.1) is 50.2 Å². The summed E-state index contributed by atoms with van der Waals surface area (Å²) in [5.74, 6) is -2.52. The number of rotatable bonds is 8. The molecule has 2 aromatic rings. The van der Waals surface area contributed by atoms with E-state index in [2.05, 4.69) is 4.90 Å². The lowest BCUT2D eigenvalue weighted by molar-refractivity contribution is -0.140. The van der Waals surface area contributed by atoms with Crippen molar-refractivity contribution in [3.05, 3.63) is 64.7 Å². The second kappa shape index (κ2) is 11.4. The van der Waals surface area contributed by atoms with Gasteiger partial charge in [-0.2, -0.15) is 0 Å². The van der Waals surface area contributed by atoms with E-state index in [0.717, 1.165) is 19.6 Å². The molecule has 2 aromatic carbocycles. The monoisotopic (exact) mass is 510 g/mol. The first kappa shape index (κ1) is 26.2. The molecule has 1 amide bonds. The third kappa shape index (κ3) is 5.45. The molecular weight excluding hydrogens is 480 g/mol. The Morgan fingerprint density at radius 3 is 2.38 bits per heavy atom. The van der Waals surface area contributed by atoms with Crippen LogP contribution in [0.4, 0.5) is 0 Å². The zero-order valence-corrected chi connectivity index (χ0v) is 20.8. The highest BCUT2D eigenvalue weighted by atomic mass is 16.5. The normalized spacial score (nSPS) is 19.7. The van der Waals surface area contributed by atoms with Gasteiger partial charge in [-0.25, -0.2) is 4.79 Å². The van der Waals surface area contributed by atoms with E-state index in [9.17, 15) is 24.6 Å². The van der Waals surface area contributed by atoms with Crippen molar-refractivity contribution in [2.45, 2.75) is 12.5 Å². The molecular formula is C27H30N2O8. The van der Waals surface area contributed by atoms with Gasteiger partial charge in [0.25, 0.3) is 11.7 Å². The van der Waals surface area contributed by atoms with E-state index in [1.807, 2.05) is 0 Å². The molecule has 2 aliphatic heterocycles. The number of likely N-dealkylation sites (tertiary alicyclic amines) is 1. The van der Waals surface area contributed by atoms with Crippen LogP contribution in [0.2, 0.25) is 0 Å². The Bertz CT molecular complexity index is 1200. The van der Waals surface area contributed by atoms with E-state index in [-0.39, 0.29) is 23.4 Å². The molecule has 1 atom stereocenters. The second-order valence-electron chi connectivity index (χ2n) is 8.80. The molecule has 2 N–H and O–H groups in total. The van der Waals surface area contributed by atoms with Crippen LogP contribution in [0.25, 0.3) is 5.76 Å². The summed E-state index contributed by atoms with van der Waals surface area (Å²) in [4.78, 5) is 42.0. The number of hydrogen-bond donors (Lipinski definition) is 2. The maximum absolute atomic E-state index is 13.2. The van der Waals surface area contributed by atoms with E-state index < -0.39 is 29.5 Å². The van der Waals surface area contributed by atoms with E-state index >= 15 is 0 Å². The van der Waals surface area contributed by atoms with Crippen molar-refractivity contribution in [2.75, 3.05) is 53.6 Å². The molecule has 10 heteroatoms. The van der Waals surface area contributed by atoms with Crippen LogP contribution in [0, 0.1) is 0 Å². The van der Waals surface area contributed by atoms with Gasteiger partial charge in [0, 0.05) is 32.2 Å². The maximum atomic E-state index is 13.2. The molecule has 2 saturated heterocycles. The van der Waals surface area contributed by atoms with Crippen molar-refractivity contribution in [1.82, 2.24) is 9.80 Å². The predicted octanol–water partition coefficient (Wildman–Crippen LogP) is 2.33. The summed E-state index contributed by atoms with van der Waals surface area (Å²) in [5.41, 5.74) is 0.710. The number of benzene rings is 2. The molecule has 0 bridgehead atoms. The minimum absolute atomic E-state index is 0.00305. The van der Waals surface area contributed by atoms with Crippen LogP contribution in [0.5, 0.6) is 11.5 Å². The number of aliphatic hydroxyl groups is 1. The highest BCUT2D eigenvalue weighted by Gasteiger charge is 2.46. The first-order chi connectivity index (χ1) is 17.8. The number of phenolic OH excluding ortho intramolecular Hbond substituents is 1. The fourth-order valence-electron chi connectivity index (χ4n) is 4.65. The van der Waals surface area contributed by atoms with Crippen LogP contribution in [0.15, 0.2) is 48.0 Å². The molecule has 2 fully saturated rings. The lowest BCUT2D eigenvalue weighted by Crippen LogP contribution is -2.39.